The molecule has 122 valence electrons. The highest BCUT2D eigenvalue weighted by atomic mass is 35.5. The molecule has 1 N–H and O–H groups in total. The SMILES string of the molecule is Clc1ccc(Nc2nccc3cc(OC4CCCC4)ccc23)cn1. The molecule has 0 saturated heterocycles. The zero-order valence-electron chi connectivity index (χ0n) is 13.2. The number of hydrogen-bond donors (Lipinski definition) is 1. The molecular weight excluding hydrogens is 322 g/mol. The van der Waals surface area contributed by atoms with Gasteiger partial charge in [-0.05, 0) is 67.5 Å². The molecule has 2 heterocycles. The number of nitrogens with one attached hydrogen (secondary N) is 1. The van der Waals surface area contributed by atoms with E-state index in [-0.39, 0.29) is 0 Å². The van der Waals surface area contributed by atoms with Gasteiger partial charge in [0.25, 0.3) is 0 Å². The predicted molar refractivity (Wildman–Crippen MR) is 97.2 cm³/mol. The number of ether oxygens (including phenoxy) is 1. The Morgan fingerprint density at radius 3 is 2.71 bits per heavy atom. The Balaban J connectivity index is 1.60. The van der Waals surface area contributed by atoms with Crippen molar-refractivity contribution in [1.82, 2.24) is 9.97 Å². The molecule has 5 heteroatoms. The number of fused-ring (bicyclic) bond motifs is 1. The van der Waals surface area contributed by atoms with Gasteiger partial charge in [0.15, 0.2) is 0 Å². The lowest BCUT2D eigenvalue weighted by Gasteiger charge is -2.14. The van der Waals surface area contributed by atoms with E-state index in [1.165, 1.54) is 12.8 Å². The average Bonchev–Trinajstić information content (AvgIpc) is 3.10. The van der Waals surface area contributed by atoms with Crippen molar-refractivity contribution in [1.29, 1.82) is 0 Å². The van der Waals surface area contributed by atoms with Gasteiger partial charge in [-0.3, -0.25) is 0 Å². The van der Waals surface area contributed by atoms with E-state index < -0.39 is 0 Å². The number of hydrogen-bond acceptors (Lipinski definition) is 4. The van der Waals surface area contributed by atoms with Gasteiger partial charge >= 0.3 is 0 Å². The molecule has 1 aliphatic carbocycles. The highest BCUT2D eigenvalue weighted by molar-refractivity contribution is 6.29. The molecule has 4 nitrogen and oxygen atoms in total. The molecule has 0 amide bonds. The van der Waals surface area contributed by atoms with Crippen molar-refractivity contribution in [3.05, 3.63) is 53.9 Å². The summed E-state index contributed by atoms with van der Waals surface area (Å²) < 4.78 is 6.09. The topological polar surface area (TPSA) is 47.0 Å². The third-order valence-electron chi connectivity index (χ3n) is 4.33. The maximum absolute atomic E-state index is 6.09. The van der Waals surface area contributed by atoms with Gasteiger partial charge in [0.05, 0.1) is 18.0 Å². The molecule has 0 bridgehead atoms. The summed E-state index contributed by atoms with van der Waals surface area (Å²) in [6.07, 6.45) is 8.71. The summed E-state index contributed by atoms with van der Waals surface area (Å²) in [5, 5.41) is 5.92. The molecule has 0 aliphatic heterocycles. The second-order valence-corrected chi connectivity index (χ2v) is 6.45. The van der Waals surface area contributed by atoms with E-state index in [1.54, 1.807) is 18.5 Å². The normalized spacial score (nSPS) is 14.9. The first-order valence-corrected chi connectivity index (χ1v) is 8.60. The average molecular weight is 340 g/mol. The van der Waals surface area contributed by atoms with Crippen molar-refractivity contribution < 1.29 is 4.74 Å². The molecule has 1 aromatic carbocycles. The third-order valence-corrected chi connectivity index (χ3v) is 4.55. The molecule has 1 aliphatic rings. The van der Waals surface area contributed by atoms with Crippen molar-refractivity contribution in [3.63, 3.8) is 0 Å². The van der Waals surface area contributed by atoms with Crippen molar-refractivity contribution in [2.45, 2.75) is 31.8 Å². The van der Waals surface area contributed by atoms with Crippen LogP contribution in [0.15, 0.2) is 48.8 Å². The zero-order chi connectivity index (χ0) is 16.4. The largest absolute Gasteiger partial charge is 0.490 e. The molecule has 0 spiro atoms. The van der Waals surface area contributed by atoms with Gasteiger partial charge in [0, 0.05) is 11.6 Å². The van der Waals surface area contributed by atoms with Crippen LogP contribution in [0, 0.1) is 0 Å². The van der Waals surface area contributed by atoms with Gasteiger partial charge < -0.3 is 10.1 Å². The summed E-state index contributed by atoms with van der Waals surface area (Å²) >= 11 is 5.83. The summed E-state index contributed by atoms with van der Waals surface area (Å²) in [6, 6.07) is 11.8. The molecule has 0 atom stereocenters. The molecule has 3 aromatic rings. The number of pyridine rings is 2. The monoisotopic (exact) mass is 339 g/mol. The van der Waals surface area contributed by atoms with Crippen LogP contribution in [-0.2, 0) is 0 Å². The Morgan fingerprint density at radius 2 is 1.92 bits per heavy atom. The van der Waals surface area contributed by atoms with Crippen LogP contribution < -0.4 is 10.1 Å². The van der Waals surface area contributed by atoms with E-state index in [9.17, 15) is 0 Å². The minimum absolute atomic E-state index is 0.363. The quantitative estimate of drug-likeness (QED) is 0.651. The van der Waals surface area contributed by atoms with Crippen LogP contribution in [0.2, 0.25) is 5.15 Å². The lowest BCUT2D eigenvalue weighted by Crippen LogP contribution is -2.10. The Morgan fingerprint density at radius 1 is 1.04 bits per heavy atom. The van der Waals surface area contributed by atoms with Gasteiger partial charge in [-0.15, -0.1) is 0 Å². The van der Waals surface area contributed by atoms with Crippen LogP contribution in [0.25, 0.3) is 10.8 Å². The van der Waals surface area contributed by atoms with Crippen LogP contribution in [0.5, 0.6) is 5.75 Å². The van der Waals surface area contributed by atoms with Gasteiger partial charge in [-0.2, -0.15) is 0 Å². The maximum atomic E-state index is 6.09. The molecular formula is C19H18ClN3O. The summed E-state index contributed by atoms with van der Waals surface area (Å²) in [7, 11) is 0. The van der Waals surface area contributed by atoms with Crippen LogP contribution in [0.3, 0.4) is 0 Å². The van der Waals surface area contributed by atoms with Gasteiger partial charge in [-0.1, -0.05) is 11.6 Å². The number of aromatic nitrogens is 2. The molecule has 0 unspecified atom stereocenters. The Hall–Kier alpha value is -2.33. The van der Waals surface area contributed by atoms with E-state index in [0.717, 1.165) is 40.9 Å². The smallest absolute Gasteiger partial charge is 0.138 e. The molecule has 2 aromatic heterocycles. The standard InChI is InChI=1S/C19H18ClN3O/c20-18-8-5-14(12-22-18)23-19-17-7-6-16(11-13(17)9-10-21-19)24-15-3-1-2-4-15/h5-12,15H,1-4H2,(H,21,23). The van der Waals surface area contributed by atoms with Crippen molar-refractivity contribution in [3.8, 4) is 5.75 Å². The Bertz CT molecular complexity index is 845. The van der Waals surface area contributed by atoms with Gasteiger partial charge in [0.1, 0.15) is 16.7 Å². The minimum Gasteiger partial charge on any atom is -0.490 e. The van der Waals surface area contributed by atoms with Crippen molar-refractivity contribution >= 4 is 33.9 Å². The first-order valence-electron chi connectivity index (χ1n) is 8.22. The summed E-state index contributed by atoms with van der Waals surface area (Å²) in [4.78, 5) is 8.53. The second kappa shape index (κ2) is 6.65. The lowest BCUT2D eigenvalue weighted by molar-refractivity contribution is 0.210. The van der Waals surface area contributed by atoms with Crippen LogP contribution in [0.4, 0.5) is 11.5 Å². The van der Waals surface area contributed by atoms with Gasteiger partial charge in [0.2, 0.25) is 0 Å². The first-order chi connectivity index (χ1) is 11.8. The summed E-state index contributed by atoms with van der Waals surface area (Å²) in [5.41, 5.74) is 0.852. The fraction of sp³-hybridized carbons (Fsp3) is 0.263. The fourth-order valence-corrected chi connectivity index (χ4v) is 3.23. The predicted octanol–water partition coefficient (Wildman–Crippen LogP) is 5.35. The number of benzene rings is 1. The highest BCUT2D eigenvalue weighted by Gasteiger charge is 2.16. The van der Waals surface area contributed by atoms with Crippen LogP contribution in [-0.4, -0.2) is 16.1 Å². The maximum Gasteiger partial charge on any atom is 0.138 e. The molecule has 1 saturated carbocycles. The highest BCUT2D eigenvalue weighted by Crippen LogP contribution is 2.30. The summed E-state index contributed by atoms with van der Waals surface area (Å²) in [6.45, 7) is 0. The van der Waals surface area contributed by atoms with Crippen LogP contribution >= 0.6 is 11.6 Å². The second-order valence-electron chi connectivity index (χ2n) is 6.06. The molecule has 1 fully saturated rings. The van der Waals surface area contributed by atoms with E-state index in [1.807, 2.05) is 18.2 Å². The van der Waals surface area contributed by atoms with Gasteiger partial charge in [-0.25, -0.2) is 9.97 Å². The van der Waals surface area contributed by atoms with Crippen molar-refractivity contribution in [2.75, 3.05) is 5.32 Å². The molecule has 24 heavy (non-hydrogen) atoms. The van der Waals surface area contributed by atoms with Crippen LogP contribution in [0.1, 0.15) is 25.7 Å². The number of rotatable bonds is 4. The van der Waals surface area contributed by atoms with Crippen molar-refractivity contribution in [2.24, 2.45) is 0 Å². The number of halogens is 1. The fourth-order valence-electron chi connectivity index (χ4n) is 3.11. The summed E-state index contributed by atoms with van der Waals surface area (Å²) in [5.74, 6) is 1.73. The third kappa shape index (κ3) is 3.29. The van der Waals surface area contributed by atoms with E-state index >= 15 is 0 Å². The number of anilines is 2. The van der Waals surface area contributed by atoms with E-state index in [0.29, 0.717) is 11.3 Å². The van der Waals surface area contributed by atoms with E-state index in [4.69, 9.17) is 16.3 Å². The van der Waals surface area contributed by atoms with E-state index in [2.05, 4.69) is 27.4 Å². The minimum atomic E-state index is 0.363. The Kier molecular flexibility index (Phi) is 4.22. The Labute approximate surface area is 145 Å². The first kappa shape index (κ1) is 15.2. The lowest BCUT2D eigenvalue weighted by atomic mass is 10.1. The molecule has 0 radical (unpaired) electrons. The zero-order valence-corrected chi connectivity index (χ0v) is 14.0. The molecule has 4 rings (SSSR count). The number of nitrogens with zero attached hydrogens (tertiary/aromatic N) is 2.